The topological polar surface area (TPSA) is 69.7 Å². The molecule has 0 radical (unpaired) electrons. The summed E-state index contributed by atoms with van der Waals surface area (Å²) in [6.07, 6.45) is 1.000. The fourth-order valence-corrected chi connectivity index (χ4v) is 2.57. The third kappa shape index (κ3) is 3.69. The Morgan fingerprint density at radius 2 is 1.77 bits per heavy atom. The Balaban J connectivity index is 1.74. The van der Waals surface area contributed by atoms with Gasteiger partial charge >= 0.3 is 0 Å². The first-order valence-corrected chi connectivity index (χ1v) is 8.15. The molecule has 6 nitrogen and oxygen atoms in total. The van der Waals surface area contributed by atoms with Gasteiger partial charge in [0.05, 0.1) is 14.2 Å². The van der Waals surface area contributed by atoms with E-state index in [0.717, 1.165) is 10.9 Å². The molecular weight excluding hydrogens is 332 g/mol. The van der Waals surface area contributed by atoms with E-state index in [0.29, 0.717) is 22.9 Å². The third-order valence-electron chi connectivity index (χ3n) is 3.92. The number of hydrogen-bond donors (Lipinski definition) is 1. The molecular formula is C20H20N2O4. The molecule has 1 unspecified atom stereocenters. The molecule has 1 aromatic heterocycles. The fourth-order valence-electron chi connectivity index (χ4n) is 2.57. The number of nitrogens with zero attached hydrogens (tertiary/aromatic N) is 1. The molecule has 3 rings (SSSR count). The Labute approximate surface area is 151 Å². The molecule has 0 aliphatic carbocycles. The van der Waals surface area contributed by atoms with Crippen molar-refractivity contribution in [2.75, 3.05) is 19.5 Å². The van der Waals surface area contributed by atoms with Gasteiger partial charge in [-0.15, -0.1) is 0 Å². The monoisotopic (exact) mass is 352 g/mol. The normalized spacial score (nSPS) is 11.7. The lowest BCUT2D eigenvalue weighted by Gasteiger charge is -2.16. The maximum absolute atomic E-state index is 12.5. The van der Waals surface area contributed by atoms with Crippen molar-refractivity contribution in [2.24, 2.45) is 0 Å². The number of carbonyl (C=O) groups excluding carboxylic acids is 1. The summed E-state index contributed by atoms with van der Waals surface area (Å²) in [4.78, 5) is 16.8. The van der Waals surface area contributed by atoms with Crippen LogP contribution < -0.4 is 19.5 Å². The Morgan fingerprint density at radius 1 is 1.00 bits per heavy atom. The molecule has 0 saturated carbocycles. The predicted octanol–water partition coefficient (Wildman–Crippen LogP) is 3.66. The van der Waals surface area contributed by atoms with Crippen LogP contribution in [0.15, 0.2) is 54.7 Å². The Kier molecular flexibility index (Phi) is 5.22. The van der Waals surface area contributed by atoms with Crippen LogP contribution in [0.3, 0.4) is 0 Å². The van der Waals surface area contributed by atoms with Crippen LogP contribution in [0.2, 0.25) is 0 Å². The third-order valence-corrected chi connectivity index (χ3v) is 3.92. The number of pyridine rings is 1. The quantitative estimate of drug-likeness (QED) is 0.733. The number of amides is 1. The maximum Gasteiger partial charge on any atom is 0.265 e. The zero-order valence-corrected chi connectivity index (χ0v) is 14.9. The largest absolute Gasteiger partial charge is 0.493 e. The van der Waals surface area contributed by atoms with Gasteiger partial charge in [0.2, 0.25) is 0 Å². The van der Waals surface area contributed by atoms with Crippen molar-refractivity contribution in [1.29, 1.82) is 0 Å². The summed E-state index contributed by atoms with van der Waals surface area (Å²) in [7, 11) is 3.10. The molecule has 0 saturated heterocycles. The fraction of sp³-hybridized carbons (Fsp3) is 0.200. The lowest BCUT2D eigenvalue weighted by molar-refractivity contribution is -0.122. The Bertz CT molecular complexity index is 921. The SMILES string of the molecule is COc1ccc(NC(=O)C(C)Oc2cccc3cccnc23)cc1OC. The van der Waals surface area contributed by atoms with E-state index in [-0.39, 0.29) is 5.91 Å². The summed E-state index contributed by atoms with van der Waals surface area (Å²) in [5, 5.41) is 3.77. The number of ether oxygens (including phenoxy) is 3. The number of hydrogen-bond acceptors (Lipinski definition) is 5. The molecule has 0 aliphatic rings. The summed E-state index contributed by atoms with van der Waals surface area (Å²) in [5.41, 5.74) is 1.32. The van der Waals surface area contributed by atoms with Crippen LogP contribution in [0.1, 0.15) is 6.92 Å². The lowest BCUT2D eigenvalue weighted by atomic mass is 10.2. The molecule has 1 heterocycles. The predicted molar refractivity (Wildman–Crippen MR) is 100 cm³/mol. The van der Waals surface area contributed by atoms with Crippen LogP contribution in [0.25, 0.3) is 10.9 Å². The van der Waals surface area contributed by atoms with Crippen molar-refractivity contribution < 1.29 is 19.0 Å². The van der Waals surface area contributed by atoms with Crippen molar-refractivity contribution in [2.45, 2.75) is 13.0 Å². The van der Waals surface area contributed by atoms with E-state index in [1.54, 1.807) is 51.6 Å². The van der Waals surface area contributed by atoms with Gasteiger partial charge in [0.15, 0.2) is 17.6 Å². The van der Waals surface area contributed by atoms with Crippen LogP contribution >= 0.6 is 0 Å². The second-order valence-electron chi connectivity index (χ2n) is 5.65. The number of aromatic nitrogens is 1. The summed E-state index contributed by atoms with van der Waals surface area (Å²) in [6.45, 7) is 1.69. The average molecular weight is 352 g/mol. The van der Waals surface area contributed by atoms with Crippen LogP contribution in [-0.4, -0.2) is 31.2 Å². The summed E-state index contributed by atoms with van der Waals surface area (Å²) < 4.78 is 16.3. The van der Waals surface area contributed by atoms with Crippen LogP contribution in [0, 0.1) is 0 Å². The van der Waals surface area contributed by atoms with Crippen molar-refractivity contribution in [3.05, 3.63) is 54.7 Å². The highest BCUT2D eigenvalue weighted by molar-refractivity contribution is 5.95. The number of rotatable bonds is 6. The molecule has 0 fully saturated rings. The van der Waals surface area contributed by atoms with Gasteiger partial charge in [-0.25, -0.2) is 0 Å². The van der Waals surface area contributed by atoms with E-state index in [2.05, 4.69) is 10.3 Å². The molecule has 0 bridgehead atoms. The highest BCUT2D eigenvalue weighted by Crippen LogP contribution is 2.30. The zero-order valence-electron chi connectivity index (χ0n) is 14.9. The second kappa shape index (κ2) is 7.74. The molecule has 0 spiro atoms. The lowest BCUT2D eigenvalue weighted by Crippen LogP contribution is -2.30. The van der Waals surface area contributed by atoms with Gasteiger partial charge in [0, 0.05) is 23.3 Å². The molecule has 1 N–H and O–H groups in total. The smallest absolute Gasteiger partial charge is 0.265 e. The first-order valence-electron chi connectivity index (χ1n) is 8.15. The van der Waals surface area contributed by atoms with Gasteiger partial charge in [0.25, 0.3) is 5.91 Å². The van der Waals surface area contributed by atoms with E-state index >= 15 is 0 Å². The van der Waals surface area contributed by atoms with Gasteiger partial charge in [0.1, 0.15) is 11.3 Å². The standard InChI is InChI=1S/C20H20N2O4/c1-13(26-17-8-4-6-14-7-5-11-21-19(14)17)20(23)22-15-9-10-16(24-2)18(12-15)25-3/h4-13H,1-3H3,(H,22,23). The van der Waals surface area contributed by atoms with Crippen molar-refractivity contribution in [3.8, 4) is 17.2 Å². The van der Waals surface area contributed by atoms with Gasteiger partial charge in [-0.05, 0) is 31.2 Å². The second-order valence-corrected chi connectivity index (χ2v) is 5.65. The van der Waals surface area contributed by atoms with E-state index in [4.69, 9.17) is 14.2 Å². The number of fused-ring (bicyclic) bond motifs is 1. The van der Waals surface area contributed by atoms with Gasteiger partial charge in [-0.1, -0.05) is 18.2 Å². The van der Waals surface area contributed by atoms with Crippen LogP contribution in [0.4, 0.5) is 5.69 Å². The molecule has 134 valence electrons. The molecule has 6 heteroatoms. The summed E-state index contributed by atoms with van der Waals surface area (Å²) in [6, 6.07) is 14.6. The Hall–Kier alpha value is -3.28. The minimum atomic E-state index is -0.698. The van der Waals surface area contributed by atoms with Gasteiger partial charge < -0.3 is 19.5 Å². The first-order chi connectivity index (χ1) is 12.6. The number of anilines is 1. The highest BCUT2D eigenvalue weighted by Gasteiger charge is 2.17. The first kappa shape index (κ1) is 17.5. The number of benzene rings is 2. The molecule has 1 atom stereocenters. The number of carbonyl (C=O) groups is 1. The van der Waals surface area contributed by atoms with Crippen molar-refractivity contribution in [1.82, 2.24) is 4.98 Å². The van der Waals surface area contributed by atoms with Crippen LogP contribution in [0.5, 0.6) is 17.2 Å². The molecule has 0 aliphatic heterocycles. The van der Waals surface area contributed by atoms with Crippen LogP contribution in [-0.2, 0) is 4.79 Å². The maximum atomic E-state index is 12.5. The summed E-state index contributed by atoms with van der Waals surface area (Å²) >= 11 is 0. The number of nitrogens with one attached hydrogen (secondary N) is 1. The number of para-hydroxylation sites is 1. The molecule has 1 amide bonds. The Morgan fingerprint density at radius 3 is 2.54 bits per heavy atom. The van der Waals surface area contributed by atoms with E-state index < -0.39 is 6.10 Å². The minimum absolute atomic E-state index is 0.273. The minimum Gasteiger partial charge on any atom is -0.493 e. The van der Waals surface area contributed by atoms with E-state index in [1.807, 2.05) is 24.3 Å². The average Bonchev–Trinajstić information content (AvgIpc) is 2.68. The van der Waals surface area contributed by atoms with E-state index in [9.17, 15) is 4.79 Å². The van der Waals surface area contributed by atoms with E-state index in [1.165, 1.54) is 0 Å². The summed E-state index contributed by atoms with van der Waals surface area (Å²) in [5.74, 6) is 1.43. The van der Waals surface area contributed by atoms with Crippen molar-refractivity contribution in [3.63, 3.8) is 0 Å². The molecule has 26 heavy (non-hydrogen) atoms. The highest BCUT2D eigenvalue weighted by atomic mass is 16.5. The van der Waals surface area contributed by atoms with Gasteiger partial charge in [-0.3, -0.25) is 9.78 Å². The van der Waals surface area contributed by atoms with Crippen molar-refractivity contribution >= 4 is 22.5 Å². The zero-order chi connectivity index (χ0) is 18.5. The molecule has 2 aromatic carbocycles. The molecule has 3 aromatic rings. The van der Waals surface area contributed by atoms with Gasteiger partial charge in [-0.2, -0.15) is 0 Å². The number of methoxy groups -OCH3 is 2.